The molecule has 1 rings (SSSR count). The lowest BCUT2D eigenvalue weighted by Gasteiger charge is -2.09. The Bertz CT molecular complexity index is 211. The van der Waals surface area contributed by atoms with Crippen molar-refractivity contribution in [3.8, 4) is 0 Å². The summed E-state index contributed by atoms with van der Waals surface area (Å²) >= 11 is 0. The average Bonchev–Trinajstić information content (AvgIpc) is 2.06. The first-order chi connectivity index (χ1) is 5.83. The van der Waals surface area contributed by atoms with Crippen LogP contribution in [0.25, 0.3) is 0 Å². The quantitative estimate of drug-likeness (QED) is 0.586. The SMILES string of the molecule is C/C(=C\C1=CCCCC1)CC=O. The van der Waals surface area contributed by atoms with Crippen LogP contribution < -0.4 is 0 Å². The van der Waals surface area contributed by atoms with Gasteiger partial charge in [0.25, 0.3) is 0 Å². The second-order valence-corrected chi connectivity index (χ2v) is 3.39. The molecule has 0 aromatic heterocycles. The summed E-state index contributed by atoms with van der Waals surface area (Å²) in [4.78, 5) is 10.2. The van der Waals surface area contributed by atoms with E-state index in [-0.39, 0.29) is 0 Å². The van der Waals surface area contributed by atoms with Crippen LogP contribution in [0.3, 0.4) is 0 Å². The highest BCUT2D eigenvalue weighted by Gasteiger charge is 2.00. The Labute approximate surface area is 74.2 Å². The molecule has 0 aromatic carbocycles. The van der Waals surface area contributed by atoms with Crippen molar-refractivity contribution in [3.63, 3.8) is 0 Å². The molecule has 0 saturated heterocycles. The van der Waals surface area contributed by atoms with Crippen LogP contribution in [-0.4, -0.2) is 6.29 Å². The highest BCUT2D eigenvalue weighted by atomic mass is 16.1. The van der Waals surface area contributed by atoms with E-state index in [9.17, 15) is 4.79 Å². The number of aldehydes is 1. The Morgan fingerprint density at radius 1 is 1.58 bits per heavy atom. The largest absolute Gasteiger partial charge is 0.303 e. The van der Waals surface area contributed by atoms with Crippen LogP contribution in [0.4, 0.5) is 0 Å². The van der Waals surface area contributed by atoms with E-state index in [1.807, 2.05) is 6.92 Å². The number of rotatable bonds is 3. The second kappa shape index (κ2) is 4.91. The molecule has 0 heterocycles. The highest BCUT2D eigenvalue weighted by Crippen LogP contribution is 2.19. The first-order valence-corrected chi connectivity index (χ1v) is 4.63. The molecular weight excluding hydrogens is 148 g/mol. The molecule has 1 heteroatoms. The Kier molecular flexibility index (Phi) is 3.78. The van der Waals surface area contributed by atoms with Crippen molar-refractivity contribution in [1.29, 1.82) is 0 Å². The lowest BCUT2D eigenvalue weighted by Crippen LogP contribution is -1.90. The fourth-order valence-electron chi connectivity index (χ4n) is 1.50. The van der Waals surface area contributed by atoms with Crippen molar-refractivity contribution in [2.75, 3.05) is 0 Å². The molecule has 0 bridgehead atoms. The summed E-state index contributed by atoms with van der Waals surface area (Å²) in [5.41, 5.74) is 2.60. The van der Waals surface area contributed by atoms with Crippen LogP contribution in [0.5, 0.6) is 0 Å². The normalized spacial score (nSPS) is 18.8. The van der Waals surface area contributed by atoms with Gasteiger partial charge in [-0.05, 0) is 32.6 Å². The van der Waals surface area contributed by atoms with Gasteiger partial charge in [-0.3, -0.25) is 0 Å². The minimum Gasteiger partial charge on any atom is -0.303 e. The molecule has 0 radical (unpaired) electrons. The lowest BCUT2D eigenvalue weighted by molar-refractivity contribution is -0.107. The first kappa shape index (κ1) is 9.24. The second-order valence-electron chi connectivity index (χ2n) is 3.39. The van der Waals surface area contributed by atoms with E-state index in [0.717, 1.165) is 6.29 Å². The number of hydrogen-bond acceptors (Lipinski definition) is 1. The molecule has 1 aliphatic carbocycles. The predicted octanol–water partition coefficient (Wildman–Crippen LogP) is 3.02. The molecule has 0 spiro atoms. The Hall–Kier alpha value is -0.850. The van der Waals surface area contributed by atoms with Gasteiger partial charge in [0.1, 0.15) is 6.29 Å². The fourth-order valence-corrected chi connectivity index (χ4v) is 1.50. The van der Waals surface area contributed by atoms with Crippen LogP contribution >= 0.6 is 0 Å². The molecule has 1 nitrogen and oxygen atoms in total. The van der Waals surface area contributed by atoms with Crippen molar-refractivity contribution < 1.29 is 4.79 Å². The first-order valence-electron chi connectivity index (χ1n) is 4.63. The van der Waals surface area contributed by atoms with E-state index >= 15 is 0 Å². The van der Waals surface area contributed by atoms with E-state index in [1.54, 1.807) is 0 Å². The molecule has 0 unspecified atom stereocenters. The van der Waals surface area contributed by atoms with Gasteiger partial charge in [0, 0.05) is 6.42 Å². The Morgan fingerprint density at radius 3 is 3.00 bits per heavy atom. The smallest absolute Gasteiger partial charge is 0.124 e. The van der Waals surface area contributed by atoms with E-state index in [2.05, 4.69) is 12.2 Å². The molecule has 0 aliphatic heterocycles. The molecule has 12 heavy (non-hydrogen) atoms. The summed E-state index contributed by atoms with van der Waals surface area (Å²) in [6, 6.07) is 0. The van der Waals surface area contributed by atoms with Crippen LogP contribution in [0.1, 0.15) is 39.0 Å². The molecule has 0 fully saturated rings. The minimum absolute atomic E-state index is 0.581. The van der Waals surface area contributed by atoms with Crippen molar-refractivity contribution in [1.82, 2.24) is 0 Å². The van der Waals surface area contributed by atoms with Gasteiger partial charge in [0.15, 0.2) is 0 Å². The summed E-state index contributed by atoms with van der Waals surface area (Å²) in [6.07, 6.45) is 11.0. The van der Waals surface area contributed by atoms with Crippen molar-refractivity contribution in [2.24, 2.45) is 0 Å². The van der Waals surface area contributed by atoms with Crippen molar-refractivity contribution in [3.05, 3.63) is 23.3 Å². The number of carbonyl (C=O) groups excluding carboxylic acids is 1. The van der Waals surface area contributed by atoms with Gasteiger partial charge in [-0.15, -0.1) is 0 Å². The third-order valence-electron chi connectivity index (χ3n) is 2.16. The van der Waals surface area contributed by atoms with E-state index < -0.39 is 0 Å². The molecule has 1 aliphatic rings. The molecular formula is C11H16O. The molecule has 0 N–H and O–H groups in total. The molecule has 0 aromatic rings. The zero-order valence-corrected chi connectivity index (χ0v) is 7.68. The minimum atomic E-state index is 0.581. The van der Waals surface area contributed by atoms with Gasteiger partial charge in [0.2, 0.25) is 0 Å². The Balaban J connectivity index is 2.52. The maximum Gasteiger partial charge on any atom is 0.124 e. The van der Waals surface area contributed by atoms with Crippen LogP contribution in [0.15, 0.2) is 23.3 Å². The van der Waals surface area contributed by atoms with Crippen LogP contribution in [-0.2, 0) is 4.79 Å². The summed E-state index contributed by atoms with van der Waals surface area (Å²) in [5.74, 6) is 0. The van der Waals surface area contributed by atoms with Gasteiger partial charge in [-0.1, -0.05) is 23.3 Å². The summed E-state index contributed by atoms with van der Waals surface area (Å²) in [6.45, 7) is 2.02. The lowest BCUT2D eigenvalue weighted by atomic mass is 9.97. The summed E-state index contributed by atoms with van der Waals surface area (Å²) in [7, 11) is 0. The third-order valence-corrected chi connectivity index (χ3v) is 2.16. The topological polar surface area (TPSA) is 17.1 Å². The Morgan fingerprint density at radius 2 is 2.42 bits per heavy atom. The molecule has 66 valence electrons. The maximum absolute atomic E-state index is 10.2. The summed E-state index contributed by atoms with van der Waals surface area (Å²) < 4.78 is 0. The monoisotopic (exact) mass is 164 g/mol. The fraction of sp³-hybridized carbons (Fsp3) is 0.545. The van der Waals surface area contributed by atoms with Crippen LogP contribution in [0, 0.1) is 0 Å². The zero-order chi connectivity index (χ0) is 8.81. The zero-order valence-electron chi connectivity index (χ0n) is 7.68. The molecule has 0 atom stereocenters. The number of carbonyl (C=O) groups is 1. The number of hydrogen-bond donors (Lipinski definition) is 0. The van der Waals surface area contributed by atoms with E-state index in [4.69, 9.17) is 0 Å². The summed E-state index contributed by atoms with van der Waals surface area (Å²) in [5, 5.41) is 0. The van der Waals surface area contributed by atoms with Gasteiger partial charge >= 0.3 is 0 Å². The van der Waals surface area contributed by atoms with Gasteiger partial charge in [0.05, 0.1) is 0 Å². The van der Waals surface area contributed by atoms with Crippen molar-refractivity contribution in [2.45, 2.75) is 39.0 Å². The standard InChI is InChI=1S/C11H16O/c1-10(7-8-12)9-11-5-3-2-4-6-11/h5,8-9H,2-4,6-7H2,1H3/b10-9+. The van der Waals surface area contributed by atoms with Gasteiger partial charge < -0.3 is 4.79 Å². The highest BCUT2D eigenvalue weighted by molar-refractivity contribution is 5.54. The van der Waals surface area contributed by atoms with E-state index in [1.165, 1.54) is 36.8 Å². The van der Waals surface area contributed by atoms with Gasteiger partial charge in [-0.25, -0.2) is 0 Å². The van der Waals surface area contributed by atoms with E-state index in [0.29, 0.717) is 6.42 Å². The third kappa shape index (κ3) is 3.04. The average molecular weight is 164 g/mol. The van der Waals surface area contributed by atoms with Crippen LogP contribution in [0.2, 0.25) is 0 Å². The predicted molar refractivity (Wildman–Crippen MR) is 51.0 cm³/mol. The molecule has 0 amide bonds. The molecule has 0 saturated carbocycles. The van der Waals surface area contributed by atoms with Gasteiger partial charge in [-0.2, -0.15) is 0 Å². The maximum atomic E-state index is 10.2. The number of allylic oxidation sites excluding steroid dienone is 4. The van der Waals surface area contributed by atoms with Crippen molar-refractivity contribution >= 4 is 6.29 Å².